The van der Waals surface area contributed by atoms with Gasteiger partial charge in [-0.2, -0.15) is 10.2 Å². The van der Waals surface area contributed by atoms with Crippen molar-refractivity contribution in [1.29, 1.82) is 0 Å². The Kier molecular flexibility index (Phi) is 20.1. The van der Waals surface area contributed by atoms with E-state index >= 15 is 0 Å². The number of anilines is 1. The van der Waals surface area contributed by atoms with Crippen molar-refractivity contribution in [1.82, 2.24) is 68.2 Å². The lowest BCUT2D eigenvalue weighted by atomic mass is 10.0. The maximum atomic E-state index is 13.7. The van der Waals surface area contributed by atoms with Gasteiger partial charge in [0.2, 0.25) is 0 Å². The summed E-state index contributed by atoms with van der Waals surface area (Å²) >= 11 is 25.2. The minimum atomic E-state index is -0.471. The van der Waals surface area contributed by atoms with Crippen molar-refractivity contribution in [2.24, 2.45) is 7.05 Å². The average molecular weight is 1660 g/mol. The summed E-state index contributed by atoms with van der Waals surface area (Å²) in [6, 6.07) is 65.7. The van der Waals surface area contributed by atoms with Gasteiger partial charge in [0.25, 0.3) is 22.2 Å². The molecule has 0 unspecified atom stereocenters. The Morgan fingerprint density at radius 1 is 0.308 bits per heavy atom. The monoisotopic (exact) mass is 1660 g/mol. The molecule has 0 aliphatic carbocycles. The Balaban J connectivity index is 0.000000110. The van der Waals surface area contributed by atoms with Crippen LogP contribution < -0.4 is 28.0 Å². The SMILES string of the molecule is Cn1cc(-c2ccc3ncc4ccc(=O)n(-c5ccc(F)cc5Cl)c4c3c2)cn1.Nc1ccc(-c2ccc3ncc4ccc(=O)n(-c5ccc(F)cc5Cl)c4c3c2)cn1.O=c1ccc2cnc3ccc(-c4cn[nH]c4)cc3c2n1-c1ccc(F)cc1Cl.O=c1ccc2cnc3ccc(-c4cnc5ccccc5c4)cc3c2n1-c1ccc(F)cc1Cl. The second kappa shape index (κ2) is 31.6. The van der Waals surface area contributed by atoms with Gasteiger partial charge in [-0.15, -0.1) is 0 Å². The molecule has 12 heterocycles. The molecule has 0 radical (unpaired) electrons. The van der Waals surface area contributed by atoms with Crippen LogP contribution in [0, 0.1) is 23.3 Å². The Bertz CT molecular complexity index is 8030. The molecule has 0 saturated carbocycles. The number of aromatic nitrogens is 14. The van der Waals surface area contributed by atoms with E-state index in [9.17, 15) is 36.7 Å². The molecular formula is C93H55Cl4F4N15O4. The summed E-state index contributed by atoms with van der Waals surface area (Å²) in [5.74, 6) is -1.42. The van der Waals surface area contributed by atoms with Crippen LogP contribution in [0.15, 0.2) is 318 Å². The van der Waals surface area contributed by atoms with Gasteiger partial charge in [0.15, 0.2) is 0 Å². The zero-order valence-electron chi connectivity index (χ0n) is 62.3. The minimum Gasteiger partial charge on any atom is -0.384 e. The fourth-order valence-electron chi connectivity index (χ4n) is 14.8. The molecular weight excluding hydrogens is 1610 g/mol. The normalized spacial score (nSPS) is 11.4. The summed E-state index contributed by atoms with van der Waals surface area (Å²) in [5.41, 5.74) is 20.2. The highest BCUT2D eigenvalue weighted by atomic mass is 35.5. The molecule has 21 rings (SSSR count). The predicted octanol–water partition coefficient (Wildman–Crippen LogP) is 21.0. The first-order valence-corrected chi connectivity index (χ1v) is 38.4. The Morgan fingerprint density at radius 3 is 1.01 bits per heavy atom. The molecule has 0 amide bonds. The molecule has 12 aromatic heterocycles. The summed E-state index contributed by atoms with van der Waals surface area (Å²) in [7, 11) is 1.86. The Hall–Kier alpha value is -14.9. The molecule has 0 aliphatic heterocycles. The summed E-state index contributed by atoms with van der Waals surface area (Å²) in [6.45, 7) is 0. The van der Waals surface area contributed by atoms with Crippen molar-refractivity contribution < 1.29 is 17.6 Å². The number of rotatable bonds is 8. The number of fused-ring (bicyclic) bond motifs is 13. The summed E-state index contributed by atoms with van der Waals surface area (Å²) < 4.78 is 62.2. The van der Waals surface area contributed by atoms with E-state index in [0.29, 0.717) is 56.2 Å². The van der Waals surface area contributed by atoms with E-state index in [-0.39, 0.29) is 42.3 Å². The fraction of sp³-hybridized carbons (Fsp3) is 0.0108. The number of aryl methyl sites for hydroxylation is 1. The number of halogens is 8. The Labute approximate surface area is 694 Å². The third-order valence-electron chi connectivity index (χ3n) is 20.4. The number of pyridine rings is 10. The molecule has 3 N–H and O–H groups in total. The summed E-state index contributed by atoms with van der Waals surface area (Å²) in [5, 5.41) is 18.9. The van der Waals surface area contributed by atoms with Crippen molar-refractivity contribution in [3.63, 3.8) is 0 Å². The van der Waals surface area contributed by atoms with Crippen LogP contribution >= 0.6 is 46.4 Å². The second-order valence-electron chi connectivity index (χ2n) is 27.9. The molecule has 9 aromatic carbocycles. The van der Waals surface area contributed by atoms with Crippen LogP contribution in [0.3, 0.4) is 0 Å². The quantitative estimate of drug-likeness (QED) is 0.106. The largest absolute Gasteiger partial charge is 0.384 e. The van der Waals surface area contributed by atoms with E-state index in [1.807, 2.05) is 123 Å². The van der Waals surface area contributed by atoms with Crippen LogP contribution in [-0.4, -0.2) is 68.2 Å². The van der Waals surface area contributed by atoms with Gasteiger partial charge in [0, 0.05) is 152 Å². The van der Waals surface area contributed by atoms with Crippen LogP contribution in [-0.2, 0) is 7.05 Å². The maximum Gasteiger partial charge on any atom is 0.255 e. The number of nitrogens with one attached hydrogen (secondary N) is 1. The van der Waals surface area contributed by atoms with Gasteiger partial charge in [-0.3, -0.25) is 72.1 Å². The van der Waals surface area contributed by atoms with Crippen molar-refractivity contribution in [2.75, 3.05) is 5.73 Å². The van der Waals surface area contributed by atoms with Gasteiger partial charge in [-0.05, 0) is 192 Å². The molecule has 0 fully saturated rings. The molecule has 0 spiro atoms. The molecule has 120 heavy (non-hydrogen) atoms. The topological polar surface area (TPSA) is 238 Å². The number of nitrogen functional groups attached to an aromatic ring is 1. The third-order valence-corrected chi connectivity index (χ3v) is 21.6. The van der Waals surface area contributed by atoms with Gasteiger partial charge in [-0.25, -0.2) is 22.5 Å². The molecule has 21 aromatic rings. The highest BCUT2D eigenvalue weighted by Gasteiger charge is 2.21. The van der Waals surface area contributed by atoms with Crippen LogP contribution in [0.5, 0.6) is 0 Å². The van der Waals surface area contributed by atoms with Crippen molar-refractivity contribution >= 4 is 150 Å². The van der Waals surface area contributed by atoms with E-state index in [1.165, 1.54) is 115 Å². The molecule has 27 heteroatoms. The predicted molar refractivity (Wildman–Crippen MR) is 467 cm³/mol. The molecule has 0 atom stereocenters. The van der Waals surface area contributed by atoms with Gasteiger partial charge >= 0.3 is 0 Å². The second-order valence-corrected chi connectivity index (χ2v) is 29.5. The van der Waals surface area contributed by atoms with Crippen molar-refractivity contribution in [3.05, 3.63) is 383 Å². The standard InChI is InChI=1S/C27H15ClFN3O.C23H14ClFN4O.C22H14ClFN4O.C21H12ClFN4O/c28-22-13-20(29)7-9-25(22)32-26(33)10-6-18-14-31-24-8-5-16(12-21(24)27(18)32)19-11-17-3-1-2-4-23(17)30-15-19;24-18-10-16(25)4-6-20(18)29-22(30)8-3-15-12-27-19-5-1-13(9-17(19)23(15)29)14-2-7-21(26)28-11-14;1-27-12-15(11-26-27)13-2-5-19-17(8-13)22-14(10-25-19)3-7-21(29)28(22)20-6-4-16(24)9-18(20)23;22-17-8-15(23)3-5-19(17)27-20(28)6-2-13-9-24-18-4-1-12(7-16(18)21(13)27)14-10-25-26-11-14/h1-15H;1-12H,(H2,26,28);2-12H,1H3;1-11H,(H,25,26). The van der Waals surface area contributed by atoms with E-state index in [4.69, 9.17) is 52.1 Å². The van der Waals surface area contributed by atoms with E-state index in [1.54, 1.807) is 84.6 Å². The Morgan fingerprint density at radius 2 is 0.658 bits per heavy atom. The van der Waals surface area contributed by atoms with Gasteiger partial charge in [0.05, 0.1) is 105 Å². The first kappa shape index (κ1) is 76.4. The highest BCUT2D eigenvalue weighted by molar-refractivity contribution is 6.34. The van der Waals surface area contributed by atoms with Crippen LogP contribution in [0.25, 0.3) is 165 Å². The lowest BCUT2D eigenvalue weighted by Gasteiger charge is -2.14. The fourth-order valence-corrected chi connectivity index (χ4v) is 15.8. The van der Waals surface area contributed by atoms with Gasteiger partial charge < -0.3 is 5.73 Å². The van der Waals surface area contributed by atoms with Crippen LogP contribution in [0.4, 0.5) is 23.4 Å². The highest BCUT2D eigenvalue weighted by Crippen LogP contribution is 2.38. The van der Waals surface area contributed by atoms with E-state index in [2.05, 4.69) is 51.3 Å². The van der Waals surface area contributed by atoms with Crippen LogP contribution in [0.1, 0.15) is 0 Å². The number of hydrogen-bond acceptors (Lipinski definition) is 13. The zero-order chi connectivity index (χ0) is 82.7. The van der Waals surface area contributed by atoms with Crippen LogP contribution in [0.2, 0.25) is 20.1 Å². The van der Waals surface area contributed by atoms with E-state index < -0.39 is 23.3 Å². The molecule has 0 bridgehead atoms. The smallest absolute Gasteiger partial charge is 0.255 e. The molecule has 19 nitrogen and oxygen atoms in total. The number of H-pyrrole nitrogens is 1. The first-order valence-electron chi connectivity index (χ1n) is 36.9. The number of aromatic amines is 1. The van der Waals surface area contributed by atoms with E-state index in [0.717, 1.165) is 115 Å². The number of nitrogens with zero attached hydrogens (tertiary/aromatic N) is 13. The lowest BCUT2D eigenvalue weighted by molar-refractivity contribution is 0.627. The first-order chi connectivity index (χ1) is 58.2. The molecule has 0 aliphatic rings. The molecule has 0 saturated heterocycles. The number of benzene rings is 9. The van der Waals surface area contributed by atoms with Crippen molar-refractivity contribution in [2.45, 2.75) is 0 Å². The third kappa shape index (κ3) is 14.6. The van der Waals surface area contributed by atoms with Gasteiger partial charge in [0.1, 0.15) is 29.1 Å². The maximum absolute atomic E-state index is 13.7. The van der Waals surface area contributed by atoms with Crippen molar-refractivity contribution in [3.8, 4) is 67.3 Å². The van der Waals surface area contributed by atoms with Gasteiger partial charge in [-0.1, -0.05) is 88.9 Å². The minimum absolute atomic E-state index is 0.147. The zero-order valence-corrected chi connectivity index (χ0v) is 65.4. The number of para-hydroxylation sites is 1. The number of hydrogen-bond donors (Lipinski definition) is 2. The summed E-state index contributed by atoms with van der Waals surface area (Å²) in [4.78, 5) is 78.4. The molecule has 582 valence electrons. The average Bonchev–Trinajstić information content (AvgIpc) is 0.788. The lowest BCUT2D eigenvalue weighted by Crippen LogP contribution is -2.18. The number of nitrogens with two attached hydrogens (primary N) is 1. The summed E-state index contributed by atoms with van der Waals surface area (Å²) in [6.07, 6.45) is 17.6.